The number of nitrogens with zero attached hydrogens (tertiary/aromatic N) is 1. The first-order chi connectivity index (χ1) is 6.90. The molecule has 14 heavy (non-hydrogen) atoms. The maximum absolute atomic E-state index is 4.23. The van der Waals surface area contributed by atoms with E-state index >= 15 is 0 Å². The van der Waals surface area contributed by atoms with Gasteiger partial charge in [-0.05, 0) is 24.3 Å². The second-order valence-electron chi connectivity index (χ2n) is 2.66. The second-order valence-corrected chi connectivity index (χ2v) is 2.66. The van der Waals surface area contributed by atoms with Gasteiger partial charge in [0.1, 0.15) is 0 Å². The van der Waals surface area contributed by atoms with Gasteiger partial charge in [0.25, 0.3) is 0 Å². The van der Waals surface area contributed by atoms with Gasteiger partial charge in [-0.2, -0.15) is 0 Å². The molecule has 74 valence electrons. The van der Waals surface area contributed by atoms with Gasteiger partial charge in [0.05, 0.1) is 5.52 Å². The van der Waals surface area contributed by atoms with Crippen LogP contribution < -0.4 is 5.32 Å². The molecule has 2 nitrogen and oxygen atoms in total. The normalized spacial score (nSPS) is 9.07. The molecule has 2 aromatic rings. The molecule has 0 unspecified atom stereocenters. The number of benzene rings is 1. The van der Waals surface area contributed by atoms with Crippen molar-refractivity contribution >= 4 is 16.6 Å². The molecule has 0 bridgehead atoms. The summed E-state index contributed by atoms with van der Waals surface area (Å²) in [6, 6.07) is 10.1. The first kappa shape index (κ1) is 10.5. The maximum Gasteiger partial charge on any atom is 0.0703 e. The van der Waals surface area contributed by atoms with Crippen LogP contribution in [0.4, 0.5) is 5.69 Å². The molecule has 1 heterocycles. The van der Waals surface area contributed by atoms with E-state index in [4.69, 9.17) is 0 Å². The molecule has 2 rings (SSSR count). The number of nitrogens with one attached hydrogen (secondary N) is 1. The standard InChI is InChI=1S/C10H10N2.C2H6/c1-11-9-4-5-10-8(7-9)3-2-6-12-10;1-2/h2-7,11H,1H3;1-2H3. The Balaban J connectivity index is 0.000000461. The molecule has 0 saturated heterocycles. The topological polar surface area (TPSA) is 24.9 Å². The Kier molecular flexibility index (Phi) is 3.92. The fourth-order valence-electron chi connectivity index (χ4n) is 1.23. The Bertz CT molecular complexity index is 396. The third-order valence-electron chi connectivity index (χ3n) is 1.89. The van der Waals surface area contributed by atoms with Gasteiger partial charge < -0.3 is 5.32 Å². The van der Waals surface area contributed by atoms with Gasteiger partial charge in [-0.1, -0.05) is 19.9 Å². The van der Waals surface area contributed by atoms with Crippen molar-refractivity contribution in [2.24, 2.45) is 0 Å². The van der Waals surface area contributed by atoms with E-state index in [1.807, 2.05) is 39.1 Å². The predicted octanol–water partition coefficient (Wildman–Crippen LogP) is 3.30. The number of aromatic nitrogens is 1. The third kappa shape index (κ3) is 2.22. The Morgan fingerprint density at radius 1 is 1.14 bits per heavy atom. The first-order valence-electron chi connectivity index (χ1n) is 4.93. The van der Waals surface area contributed by atoms with Crippen molar-refractivity contribution in [3.8, 4) is 0 Å². The summed E-state index contributed by atoms with van der Waals surface area (Å²) in [7, 11) is 1.91. The van der Waals surface area contributed by atoms with Crippen molar-refractivity contribution in [2.75, 3.05) is 12.4 Å². The molecule has 0 aliphatic rings. The Morgan fingerprint density at radius 3 is 2.64 bits per heavy atom. The van der Waals surface area contributed by atoms with E-state index in [1.54, 1.807) is 6.20 Å². The van der Waals surface area contributed by atoms with Crippen LogP contribution in [-0.2, 0) is 0 Å². The lowest BCUT2D eigenvalue weighted by atomic mass is 10.2. The molecule has 0 amide bonds. The molecule has 0 spiro atoms. The average molecular weight is 188 g/mol. The highest BCUT2D eigenvalue weighted by atomic mass is 14.8. The molecule has 0 atom stereocenters. The lowest BCUT2D eigenvalue weighted by Crippen LogP contribution is -1.87. The largest absolute Gasteiger partial charge is 0.388 e. The molecule has 0 aliphatic heterocycles. The fourth-order valence-corrected chi connectivity index (χ4v) is 1.23. The molecule has 2 heteroatoms. The molecule has 0 saturated carbocycles. The van der Waals surface area contributed by atoms with Gasteiger partial charge in [0.15, 0.2) is 0 Å². The van der Waals surface area contributed by atoms with Crippen molar-refractivity contribution < 1.29 is 0 Å². The molecular weight excluding hydrogens is 172 g/mol. The summed E-state index contributed by atoms with van der Waals surface area (Å²) >= 11 is 0. The van der Waals surface area contributed by atoms with Crippen molar-refractivity contribution in [2.45, 2.75) is 13.8 Å². The highest BCUT2D eigenvalue weighted by Crippen LogP contribution is 2.15. The van der Waals surface area contributed by atoms with E-state index in [-0.39, 0.29) is 0 Å². The van der Waals surface area contributed by atoms with Crippen LogP contribution in [0.3, 0.4) is 0 Å². The van der Waals surface area contributed by atoms with Crippen LogP contribution >= 0.6 is 0 Å². The molecule has 0 fully saturated rings. The van der Waals surface area contributed by atoms with Crippen molar-refractivity contribution in [3.63, 3.8) is 0 Å². The minimum atomic E-state index is 1.04. The fraction of sp³-hybridized carbons (Fsp3) is 0.250. The van der Waals surface area contributed by atoms with E-state index in [0.717, 1.165) is 11.2 Å². The van der Waals surface area contributed by atoms with Crippen LogP contribution in [0.5, 0.6) is 0 Å². The second kappa shape index (κ2) is 5.22. The zero-order valence-electron chi connectivity index (χ0n) is 8.91. The molecule has 0 aliphatic carbocycles. The quantitative estimate of drug-likeness (QED) is 0.742. The Labute approximate surface area is 85.0 Å². The third-order valence-corrected chi connectivity index (χ3v) is 1.89. The van der Waals surface area contributed by atoms with Gasteiger partial charge in [0, 0.05) is 24.3 Å². The zero-order valence-corrected chi connectivity index (χ0v) is 8.91. The van der Waals surface area contributed by atoms with Gasteiger partial charge in [0.2, 0.25) is 0 Å². The summed E-state index contributed by atoms with van der Waals surface area (Å²) in [5, 5.41) is 4.26. The summed E-state index contributed by atoms with van der Waals surface area (Å²) in [5.74, 6) is 0. The number of fused-ring (bicyclic) bond motifs is 1. The average Bonchev–Trinajstić information content (AvgIpc) is 2.31. The van der Waals surface area contributed by atoms with E-state index in [0.29, 0.717) is 0 Å². The van der Waals surface area contributed by atoms with Crippen molar-refractivity contribution in [3.05, 3.63) is 36.5 Å². The van der Waals surface area contributed by atoms with Crippen LogP contribution in [0.2, 0.25) is 0 Å². The van der Waals surface area contributed by atoms with Crippen LogP contribution in [0, 0.1) is 0 Å². The summed E-state index contributed by atoms with van der Waals surface area (Å²) in [4.78, 5) is 4.23. The number of rotatable bonds is 1. The lowest BCUT2D eigenvalue weighted by molar-refractivity contribution is 1.41. The van der Waals surface area contributed by atoms with E-state index in [9.17, 15) is 0 Å². The highest BCUT2D eigenvalue weighted by Gasteiger charge is 1.93. The SMILES string of the molecule is CC.CNc1ccc2ncccc2c1. The van der Waals surface area contributed by atoms with Gasteiger partial charge in [-0.25, -0.2) is 0 Å². The Morgan fingerprint density at radius 2 is 1.93 bits per heavy atom. The number of pyridine rings is 1. The molecule has 1 aromatic carbocycles. The van der Waals surface area contributed by atoms with Crippen molar-refractivity contribution in [1.29, 1.82) is 0 Å². The van der Waals surface area contributed by atoms with Crippen LogP contribution in [0.15, 0.2) is 36.5 Å². The summed E-state index contributed by atoms with van der Waals surface area (Å²) in [6.45, 7) is 4.00. The summed E-state index contributed by atoms with van der Waals surface area (Å²) in [5.41, 5.74) is 2.16. The number of anilines is 1. The molecule has 1 aromatic heterocycles. The maximum atomic E-state index is 4.23. The number of hydrogen-bond acceptors (Lipinski definition) is 2. The minimum absolute atomic E-state index is 1.04. The van der Waals surface area contributed by atoms with E-state index < -0.39 is 0 Å². The van der Waals surface area contributed by atoms with Crippen molar-refractivity contribution in [1.82, 2.24) is 4.98 Å². The van der Waals surface area contributed by atoms with Gasteiger partial charge in [-0.15, -0.1) is 0 Å². The van der Waals surface area contributed by atoms with Gasteiger partial charge >= 0.3 is 0 Å². The van der Waals surface area contributed by atoms with E-state index in [1.165, 1.54) is 5.39 Å². The summed E-state index contributed by atoms with van der Waals surface area (Å²) in [6.07, 6.45) is 1.81. The van der Waals surface area contributed by atoms with Crippen LogP contribution in [0.1, 0.15) is 13.8 Å². The van der Waals surface area contributed by atoms with E-state index in [2.05, 4.69) is 22.4 Å². The predicted molar refractivity (Wildman–Crippen MR) is 62.6 cm³/mol. The van der Waals surface area contributed by atoms with Crippen LogP contribution in [-0.4, -0.2) is 12.0 Å². The Hall–Kier alpha value is -1.57. The number of hydrogen-bond donors (Lipinski definition) is 1. The van der Waals surface area contributed by atoms with Crippen LogP contribution in [0.25, 0.3) is 10.9 Å². The molecule has 0 radical (unpaired) electrons. The zero-order chi connectivity index (χ0) is 10.4. The lowest BCUT2D eigenvalue weighted by Gasteiger charge is -2.00. The monoisotopic (exact) mass is 188 g/mol. The first-order valence-corrected chi connectivity index (χ1v) is 4.93. The summed E-state index contributed by atoms with van der Waals surface area (Å²) < 4.78 is 0. The molecular formula is C12H16N2. The molecule has 1 N–H and O–H groups in total. The smallest absolute Gasteiger partial charge is 0.0703 e. The minimum Gasteiger partial charge on any atom is -0.388 e. The van der Waals surface area contributed by atoms with Gasteiger partial charge in [-0.3, -0.25) is 4.98 Å². The highest BCUT2D eigenvalue weighted by molar-refractivity contribution is 5.81.